The lowest BCUT2D eigenvalue weighted by atomic mass is 9.82. The third kappa shape index (κ3) is 5.58. The Morgan fingerprint density at radius 3 is 2.44 bits per heavy atom. The van der Waals surface area contributed by atoms with E-state index < -0.39 is 6.61 Å². The summed E-state index contributed by atoms with van der Waals surface area (Å²) < 4.78 is 34.8. The number of likely N-dealkylation sites (tertiary alicyclic amines) is 1. The van der Waals surface area contributed by atoms with Crippen LogP contribution in [0.3, 0.4) is 0 Å². The Morgan fingerprint density at radius 1 is 1.22 bits per heavy atom. The van der Waals surface area contributed by atoms with E-state index in [-0.39, 0.29) is 29.7 Å². The molecule has 2 aliphatic rings. The van der Waals surface area contributed by atoms with E-state index in [2.05, 4.69) is 19.9 Å². The van der Waals surface area contributed by atoms with Crippen molar-refractivity contribution in [2.75, 3.05) is 27.2 Å². The van der Waals surface area contributed by atoms with Crippen molar-refractivity contribution in [3.05, 3.63) is 23.8 Å². The topological polar surface area (TPSA) is 46.1 Å². The number of fused-ring (bicyclic) bond motifs is 1. The maximum Gasteiger partial charge on any atom is 0.387 e. The minimum absolute atomic E-state index is 0. The Labute approximate surface area is 176 Å². The first kappa shape index (κ1) is 22.0. The highest BCUT2D eigenvalue weighted by Crippen LogP contribution is 2.36. The SMILES string of the molecule is CN=C(NCc1ccc(OC)c(OC(F)F)c1)N1CC2CCCCC2C1.I. The lowest BCUT2D eigenvalue weighted by Crippen LogP contribution is -2.39. The minimum atomic E-state index is -2.88. The standard InChI is InChI=1S/C19H27F2N3O2.HI/c1-22-19(24-11-14-5-3-4-6-15(14)12-24)23-10-13-7-8-16(25-2)17(9-13)26-18(20)21;/h7-9,14-15,18H,3-6,10-12H2,1-2H3,(H,22,23);1H. The molecule has 1 aliphatic carbocycles. The van der Waals surface area contributed by atoms with E-state index in [9.17, 15) is 8.78 Å². The molecule has 2 fully saturated rings. The molecule has 1 N–H and O–H groups in total. The zero-order valence-electron chi connectivity index (χ0n) is 15.8. The number of nitrogens with one attached hydrogen (secondary N) is 1. The number of ether oxygens (including phenoxy) is 2. The van der Waals surface area contributed by atoms with Gasteiger partial charge in [-0.1, -0.05) is 18.9 Å². The molecule has 0 spiro atoms. The summed E-state index contributed by atoms with van der Waals surface area (Å²) in [7, 11) is 3.21. The molecule has 1 heterocycles. The predicted molar refractivity (Wildman–Crippen MR) is 112 cm³/mol. The predicted octanol–water partition coefficient (Wildman–Crippen LogP) is 4.11. The Hall–Kier alpha value is -1.32. The number of aliphatic imine (C=N–C) groups is 1. The fourth-order valence-corrected chi connectivity index (χ4v) is 4.11. The monoisotopic (exact) mass is 495 g/mol. The smallest absolute Gasteiger partial charge is 0.387 e. The van der Waals surface area contributed by atoms with Crippen molar-refractivity contribution < 1.29 is 18.3 Å². The number of guanidine groups is 1. The second-order valence-corrected chi connectivity index (χ2v) is 6.97. The molecule has 2 unspecified atom stereocenters. The first-order chi connectivity index (χ1) is 12.6. The van der Waals surface area contributed by atoms with Gasteiger partial charge < -0.3 is 19.7 Å². The van der Waals surface area contributed by atoms with Crippen molar-refractivity contribution in [1.82, 2.24) is 10.2 Å². The Balaban J connectivity index is 0.00000261. The largest absolute Gasteiger partial charge is 0.493 e. The molecule has 1 saturated heterocycles. The van der Waals surface area contributed by atoms with Crippen molar-refractivity contribution in [3.8, 4) is 11.5 Å². The molecule has 27 heavy (non-hydrogen) atoms. The lowest BCUT2D eigenvalue weighted by molar-refractivity contribution is -0.0512. The van der Waals surface area contributed by atoms with Crippen LogP contribution in [0.15, 0.2) is 23.2 Å². The molecule has 5 nitrogen and oxygen atoms in total. The molecule has 0 bridgehead atoms. The van der Waals surface area contributed by atoms with Crippen LogP contribution in [0, 0.1) is 11.8 Å². The highest BCUT2D eigenvalue weighted by molar-refractivity contribution is 14.0. The van der Waals surface area contributed by atoms with E-state index >= 15 is 0 Å². The molecule has 8 heteroatoms. The molecule has 1 aliphatic heterocycles. The zero-order chi connectivity index (χ0) is 18.5. The van der Waals surface area contributed by atoms with E-state index in [4.69, 9.17) is 4.74 Å². The highest BCUT2D eigenvalue weighted by Gasteiger charge is 2.35. The molecule has 2 atom stereocenters. The van der Waals surface area contributed by atoms with E-state index in [1.165, 1.54) is 32.8 Å². The summed E-state index contributed by atoms with van der Waals surface area (Å²) in [6, 6.07) is 5.05. The van der Waals surface area contributed by atoms with Crippen LogP contribution in [-0.2, 0) is 6.54 Å². The first-order valence-corrected chi connectivity index (χ1v) is 9.18. The molecule has 1 saturated carbocycles. The molecule has 1 aromatic carbocycles. The summed E-state index contributed by atoms with van der Waals surface area (Å²) in [5.74, 6) is 2.75. The van der Waals surface area contributed by atoms with Crippen molar-refractivity contribution in [2.24, 2.45) is 16.8 Å². The van der Waals surface area contributed by atoms with Crippen LogP contribution < -0.4 is 14.8 Å². The van der Waals surface area contributed by atoms with Gasteiger partial charge in [-0.3, -0.25) is 4.99 Å². The summed E-state index contributed by atoms with van der Waals surface area (Å²) in [4.78, 5) is 6.72. The third-order valence-corrected chi connectivity index (χ3v) is 5.38. The van der Waals surface area contributed by atoms with Gasteiger partial charge in [0.2, 0.25) is 0 Å². The lowest BCUT2D eigenvalue weighted by Gasteiger charge is -2.22. The average molecular weight is 495 g/mol. The van der Waals surface area contributed by atoms with Crippen LogP contribution in [0.5, 0.6) is 11.5 Å². The molecule has 1 aromatic rings. The van der Waals surface area contributed by atoms with Crippen LogP contribution in [0.4, 0.5) is 8.78 Å². The van der Waals surface area contributed by atoms with Crippen molar-refractivity contribution in [1.29, 1.82) is 0 Å². The zero-order valence-corrected chi connectivity index (χ0v) is 18.1. The number of nitrogens with zero attached hydrogens (tertiary/aromatic N) is 2. The van der Waals surface area contributed by atoms with Gasteiger partial charge in [0.15, 0.2) is 17.5 Å². The average Bonchev–Trinajstić information content (AvgIpc) is 3.06. The number of alkyl halides is 2. The Kier molecular flexibility index (Phi) is 8.37. The maximum atomic E-state index is 12.6. The van der Waals surface area contributed by atoms with Crippen LogP contribution >= 0.6 is 24.0 Å². The second kappa shape index (κ2) is 10.3. The molecule has 0 amide bonds. The third-order valence-electron chi connectivity index (χ3n) is 5.38. The molecule has 152 valence electrons. The number of halogens is 3. The summed E-state index contributed by atoms with van der Waals surface area (Å²) in [5, 5.41) is 3.35. The summed E-state index contributed by atoms with van der Waals surface area (Å²) in [5.41, 5.74) is 0.833. The van der Waals surface area contributed by atoms with Gasteiger partial charge in [-0.2, -0.15) is 8.78 Å². The van der Waals surface area contributed by atoms with Gasteiger partial charge in [0.1, 0.15) is 0 Å². The second-order valence-electron chi connectivity index (χ2n) is 6.97. The summed E-state index contributed by atoms with van der Waals surface area (Å²) in [6.07, 6.45) is 5.29. The number of hydrogen-bond acceptors (Lipinski definition) is 3. The van der Waals surface area contributed by atoms with Gasteiger partial charge in [0.05, 0.1) is 7.11 Å². The van der Waals surface area contributed by atoms with Crippen molar-refractivity contribution in [3.63, 3.8) is 0 Å². The van der Waals surface area contributed by atoms with Gasteiger partial charge in [0, 0.05) is 26.7 Å². The fraction of sp³-hybridized carbons (Fsp3) is 0.632. The van der Waals surface area contributed by atoms with Crippen molar-refractivity contribution >= 4 is 29.9 Å². The van der Waals surface area contributed by atoms with Gasteiger partial charge in [0.25, 0.3) is 0 Å². The van der Waals surface area contributed by atoms with Gasteiger partial charge >= 0.3 is 6.61 Å². The molecular weight excluding hydrogens is 467 g/mol. The fourth-order valence-electron chi connectivity index (χ4n) is 4.11. The number of benzene rings is 1. The quantitative estimate of drug-likeness (QED) is 0.380. The normalized spacial score (nSPS) is 22.3. The number of rotatable bonds is 5. The Morgan fingerprint density at radius 2 is 1.89 bits per heavy atom. The van der Waals surface area contributed by atoms with E-state index in [1.54, 1.807) is 19.2 Å². The first-order valence-electron chi connectivity index (χ1n) is 9.18. The van der Waals surface area contributed by atoms with Gasteiger partial charge in [-0.25, -0.2) is 0 Å². The summed E-state index contributed by atoms with van der Waals surface area (Å²) in [6.45, 7) is -0.297. The van der Waals surface area contributed by atoms with E-state index in [0.717, 1.165) is 36.4 Å². The molecule has 0 radical (unpaired) electrons. The maximum absolute atomic E-state index is 12.6. The van der Waals surface area contributed by atoms with Crippen LogP contribution in [-0.4, -0.2) is 44.7 Å². The molecule has 0 aromatic heterocycles. The molecular formula is C19H28F2IN3O2. The van der Waals surface area contributed by atoms with Crippen LogP contribution in [0.2, 0.25) is 0 Å². The van der Waals surface area contributed by atoms with Gasteiger partial charge in [-0.05, 0) is 42.4 Å². The van der Waals surface area contributed by atoms with E-state index in [1.807, 2.05) is 6.07 Å². The van der Waals surface area contributed by atoms with Crippen molar-refractivity contribution in [2.45, 2.75) is 38.8 Å². The van der Waals surface area contributed by atoms with Crippen LogP contribution in [0.1, 0.15) is 31.2 Å². The molecule has 3 rings (SSSR count). The highest BCUT2D eigenvalue weighted by atomic mass is 127. The van der Waals surface area contributed by atoms with Crippen LogP contribution in [0.25, 0.3) is 0 Å². The number of methoxy groups -OCH3 is 1. The summed E-state index contributed by atoms with van der Waals surface area (Å²) >= 11 is 0. The van der Waals surface area contributed by atoms with E-state index in [0.29, 0.717) is 12.3 Å². The number of hydrogen-bond donors (Lipinski definition) is 1. The minimum Gasteiger partial charge on any atom is -0.493 e. The van der Waals surface area contributed by atoms with Gasteiger partial charge in [-0.15, -0.1) is 24.0 Å². The Bertz CT molecular complexity index is 631.